The van der Waals surface area contributed by atoms with Crippen molar-refractivity contribution >= 4 is 15.8 Å². The van der Waals surface area contributed by atoms with Crippen LogP contribution in [-0.2, 0) is 9.84 Å². The molecule has 1 saturated heterocycles. The van der Waals surface area contributed by atoms with E-state index < -0.39 is 9.84 Å². The van der Waals surface area contributed by atoms with Gasteiger partial charge in [-0.2, -0.15) is 0 Å². The van der Waals surface area contributed by atoms with Gasteiger partial charge in [-0.1, -0.05) is 20.3 Å². The second-order valence-corrected chi connectivity index (χ2v) is 9.83. The van der Waals surface area contributed by atoms with Gasteiger partial charge in [-0.25, -0.2) is 8.42 Å². The smallest absolute Gasteiger partial charge is 0.191 e. The maximum absolute atomic E-state index is 11.3. The van der Waals surface area contributed by atoms with Crippen LogP contribution < -0.4 is 10.6 Å². The van der Waals surface area contributed by atoms with E-state index in [-0.39, 0.29) is 11.2 Å². The van der Waals surface area contributed by atoms with Crippen LogP contribution in [0.25, 0.3) is 0 Å². The summed E-state index contributed by atoms with van der Waals surface area (Å²) < 4.78 is 22.7. The summed E-state index contributed by atoms with van der Waals surface area (Å²) in [6.45, 7) is 12.0. The second-order valence-electron chi connectivity index (χ2n) is 7.57. The highest BCUT2D eigenvalue weighted by Gasteiger charge is 2.20. The number of likely N-dealkylation sites (tertiary alicyclic amines) is 1. The van der Waals surface area contributed by atoms with Crippen LogP contribution >= 0.6 is 0 Å². The van der Waals surface area contributed by atoms with Crippen LogP contribution in [0.5, 0.6) is 0 Å². The molecule has 0 unspecified atom stereocenters. The first-order valence-electron chi connectivity index (χ1n) is 9.14. The minimum absolute atomic E-state index is 0.127. The van der Waals surface area contributed by atoms with E-state index in [0.717, 1.165) is 25.6 Å². The zero-order valence-electron chi connectivity index (χ0n) is 15.9. The third kappa shape index (κ3) is 10.1. The van der Waals surface area contributed by atoms with E-state index in [1.807, 2.05) is 0 Å². The van der Waals surface area contributed by atoms with Gasteiger partial charge in [0.25, 0.3) is 0 Å². The first kappa shape index (κ1) is 21.2. The minimum atomic E-state index is -2.92. The molecule has 0 aromatic rings. The predicted molar refractivity (Wildman–Crippen MR) is 102 cm³/mol. The maximum atomic E-state index is 11.3. The van der Waals surface area contributed by atoms with Crippen LogP contribution in [0, 0.1) is 5.41 Å². The number of hydrogen-bond acceptors (Lipinski definition) is 4. The Morgan fingerprint density at radius 1 is 1.17 bits per heavy atom. The number of hydrogen-bond donors (Lipinski definition) is 2. The number of aliphatic imine (C=N–C) groups is 1. The molecule has 0 spiro atoms. The van der Waals surface area contributed by atoms with E-state index in [0.29, 0.717) is 13.0 Å². The van der Waals surface area contributed by atoms with Crippen molar-refractivity contribution < 1.29 is 8.42 Å². The average molecular weight is 361 g/mol. The molecule has 0 aromatic heterocycles. The molecule has 0 radical (unpaired) electrons. The Balaban J connectivity index is 2.42. The lowest BCUT2D eigenvalue weighted by molar-refractivity contribution is 0.232. The van der Waals surface area contributed by atoms with Crippen molar-refractivity contribution in [1.29, 1.82) is 0 Å². The average Bonchev–Trinajstić information content (AvgIpc) is 2.51. The molecule has 0 bridgehead atoms. The molecule has 6 nitrogen and oxygen atoms in total. The fraction of sp³-hybridized carbons (Fsp3) is 0.941. The molecule has 142 valence electrons. The molecular formula is C17H36N4O2S. The highest BCUT2D eigenvalue weighted by Crippen LogP contribution is 2.21. The SMILES string of the molecule is CCNC(=NCC(C)(C)CCS(C)(=O)=O)NCCN1CCCCC1. The first-order valence-corrected chi connectivity index (χ1v) is 11.2. The van der Waals surface area contributed by atoms with Crippen LogP contribution in [-0.4, -0.2) is 70.6 Å². The summed E-state index contributed by atoms with van der Waals surface area (Å²) in [4.78, 5) is 7.15. The Labute approximate surface area is 148 Å². The Hall–Kier alpha value is -0.820. The lowest BCUT2D eigenvalue weighted by atomic mass is 9.90. The quantitative estimate of drug-likeness (QED) is 0.481. The summed E-state index contributed by atoms with van der Waals surface area (Å²) >= 11 is 0. The molecule has 7 heteroatoms. The Morgan fingerprint density at radius 3 is 2.42 bits per heavy atom. The molecule has 1 rings (SSSR count). The monoisotopic (exact) mass is 360 g/mol. The van der Waals surface area contributed by atoms with Gasteiger partial charge in [0.2, 0.25) is 0 Å². The lowest BCUT2D eigenvalue weighted by Crippen LogP contribution is -2.43. The molecule has 0 atom stereocenters. The number of guanidine groups is 1. The molecule has 1 aliphatic heterocycles. The predicted octanol–water partition coefficient (Wildman–Crippen LogP) is 1.49. The maximum Gasteiger partial charge on any atom is 0.191 e. The number of piperidine rings is 1. The molecule has 0 saturated carbocycles. The van der Waals surface area contributed by atoms with Gasteiger partial charge in [-0.3, -0.25) is 4.99 Å². The molecule has 1 aliphatic rings. The Morgan fingerprint density at radius 2 is 1.83 bits per heavy atom. The molecule has 0 aliphatic carbocycles. The van der Waals surface area contributed by atoms with E-state index in [9.17, 15) is 8.42 Å². The topological polar surface area (TPSA) is 73.8 Å². The zero-order chi connectivity index (χ0) is 18.1. The zero-order valence-corrected chi connectivity index (χ0v) is 16.7. The molecular weight excluding hydrogens is 324 g/mol. The first-order chi connectivity index (χ1) is 11.2. The molecule has 0 amide bonds. The van der Waals surface area contributed by atoms with Crippen LogP contribution in [0.3, 0.4) is 0 Å². The summed E-state index contributed by atoms with van der Waals surface area (Å²) in [5.74, 6) is 1.04. The molecule has 24 heavy (non-hydrogen) atoms. The van der Waals surface area contributed by atoms with Gasteiger partial charge >= 0.3 is 0 Å². The number of sulfone groups is 1. The third-order valence-electron chi connectivity index (χ3n) is 4.33. The number of rotatable bonds is 9. The van der Waals surface area contributed by atoms with Gasteiger partial charge in [-0.05, 0) is 44.7 Å². The third-order valence-corrected chi connectivity index (χ3v) is 5.27. The van der Waals surface area contributed by atoms with Crippen LogP contribution in [0.2, 0.25) is 0 Å². The molecule has 2 N–H and O–H groups in total. The van der Waals surface area contributed by atoms with Gasteiger partial charge in [0.1, 0.15) is 9.84 Å². The van der Waals surface area contributed by atoms with Crippen LogP contribution in [0.15, 0.2) is 4.99 Å². The Kier molecular flexibility index (Phi) is 9.05. The summed E-state index contributed by atoms with van der Waals surface area (Å²) in [7, 11) is -2.92. The fourth-order valence-electron chi connectivity index (χ4n) is 2.69. The van der Waals surface area contributed by atoms with E-state index in [1.54, 1.807) is 0 Å². The highest BCUT2D eigenvalue weighted by atomic mass is 32.2. The van der Waals surface area contributed by atoms with E-state index in [2.05, 4.69) is 41.3 Å². The molecule has 0 aromatic carbocycles. The Bertz CT molecular complexity index is 483. The second kappa shape index (κ2) is 10.2. The van der Waals surface area contributed by atoms with Crippen LogP contribution in [0.1, 0.15) is 46.5 Å². The lowest BCUT2D eigenvalue weighted by Gasteiger charge is -2.27. The van der Waals surface area contributed by atoms with Crippen molar-refractivity contribution in [2.45, 2.75) is 46.5 Å². The van der Waals surface area contributed by atoms with Crippen molar-refractivity contribution in [1.82, 2.24) is 15.5 Å². The standard InChI is InChI=1S/C17H36N4O2S/c1-5-18-16(19-10-13-21-11-7-6-8-12-21)20-15-17(2,3)9-14-24(4,22)23/h5-15H2,1-4H3,(H2,18,19,20). The summed E-state index contributed by atoms with van der Waals surface area (Å²) in [6, 6.07) is 0. The van der Waals surface area contributed by atoms with Crippen molar-refractivity contribution in [3.63, 3.8) is 0 Å². The van der Waals surface area contributed by atoms with Gasteiger partial charge in [0.05, 0.1) is 5.75 Å². The van der Waals surface area contributed by atoms with E-state index in [1.165, 1.54) is 38.6 Å². The van der Waals surface area contributed by atoms with Gasteiger partial charge in [0.15, 0.2) is 5.96 Å². The minimum Gasteiger partial charge on any atom is -0.357 e. The van der Waals surface area contributed by atoms with E-state index in [4.69, 9.17) is 0 Å². The summed E-state index contributed by atoms with van der Waals surface area (Å²) in [5.41, 5.74) is -0.127. The van der Waals surface area contributed by atoms with Crippen molar-refractivity contribution in [2.24, 2.45) is 10.4 Å². The largest absolute Gasteiger partial charge is 0.357 e. The van der Waals surface area contributed by atoms with Crippen molar-refractivity contribution in [3.05, 3.63) is 0 Å². The van der Waals surface area contributed by atoms with E-state index >= 15 is 0 Å². The highest BCUT2D eigenvalue weighted by molar-refractivity contribution is 7.90. The molecule has 1 heterocycles. The van der Waals surface area contributed by atoms with Crippen molar-refractivity contribution in [3.8, 4) is 0 Å². The summed E-state index contributed by atoms with van der Waals surface area (Å²) in [5, 5.41) is 6.66. The van der Waals surface area contributed by atoms with Gasteiger partial charge in [0, 0.05) is 32.4 Å². The van der Waals surface area contributed by atoms with Gasteiger partial charge in [-0.15, -0.1) is 0 Å². The normalized spacial score (nSPS) is 17.8. The van der Waals surface area contributed by atoms with Gasteiger partial charge < -0.3 is 15.5 Å². The van der Waals surface area contributed by atoms with Crippen LogP contribution in [0.4, 0.5) is 0 Å². The fourth-order valence-corrected chi connectivity index (χ4v) is 3.61. The van der Waals surface area contributed by atoms with Crippen molar-refractivity contribution in [2.75, 3.05) is 51.3 Å². The summed E-state index contributed by atoms with van der Waals surface area (Å²) in [6.07, 6.45) is 5.89. The number of nitrogens with zero attached hydrogens (tertiary/aromatic N) is 2. The molecule has 1 fully saturated rings. The number of nitrogens with one attached hydrogen (secondary N) is 2.